The molecule has 0 aliphatic rings. The van der Waals surface area contributed by atoms with E-state index in [9.17, 15) is 44.5 Å². The first-order valence-electron chi connectivity index (χ1n) is 11.4. The Morgan fingerprint density at radius 1 is 0.829 bits per heavy atom. The molecule has 0 spiro atoms. The lowest BCUT2D eigenvalue weighted by Crippen LogP contribution is -2.52. The van der Waals surface area contributed by atoms with Crippen LogP contribution in [0.5, 0.6) is 0 Å². The van der Waals surface area contributed by atoms with Gasteiger partial charge in [0.05, 0.1) is 10.9 Å². The molecular weight excluding hydrogens is 595 g/mol. The summed E-state index contributed by atoms with van der Waals surface area (Å²) in [6, 6.07) is 32.2. The van der Waals surface area contributed by atoms with E-state index in [1.807, 2.05) is 0 Å². The maximum atomic E-state index is 13.0. The molecule has 0 saturated heterocycles. The van der Waals surface area contributed by atoms with Crippen LogP contribution in [-0.4, -0.2) is 49.1 Å². The van der Waals surface area contributed by atoms with Crippen molar-refractivity contribution in [3.63, 3.8) is 0 Å². The first kappa shape index (κ1) is 33.5. The number of carbonyl (C=O) groups excluding carboxylic acids is 2. The van der Waals surface area contributed by atoms with Crippen LogP contribution in [0.4, 0.5) is 22.0 Å². The summed E-state index contributed by atoms with van der Waals surface area (Å²) in [6.07, 6.45) is -10.6. The SMILES string of the molecule is C=C(C)C(=O)OCC(=O)OC(C(F)(F)F)C(F)(F)S(=O)(=O)[O-].c1ccc([S+](c2ccccc2)c2ccccc2)cc1. The molecular formula is C27H23F5O7S2. The zero-order chi connectivity index (χ0) is 30.8. The van der Waals surface area contributed by atoms with Crippen LogP contribution in [0.2, 0.25) is 0 Å². The molecule has 220 valence electrons. The number of ether oxygens (including phenoxy) is 2. The smallest absolute Gasteiger partial charge is 0.432 e. The Morgan fingerprint density at radius 2 is 1.20 bits per heavy atom. The summed E-state index contributed by atoms with van der Waals surface area (Å²) in [5, 5.41) is -5.96. The molecule has 0 aliphatic carbocycles. The molecule has 3 rings (SSSR count). The van der Waals surface area contributed by atoms with Crippen LogP contribution < -0.4 is 0 Å². The highest BCUT2D eigenvalue weighted by Gasteiger charge is 2.63. The van der Waals surface area contributed by atoms with Gasteiger partial charge in [-0.3, -0.25) is 0 Å². The van der Waals surface area contributed by atoms with E-state index < -0.39 is 46.2 Å². The number of halogens is 5. The molecule has 0 fully saturated rings. The first-order valence-corrected chi connectivity index (χ1v) is 14.0. The molecule has 41 heavy (non-hydrogen) atoms. The third kappa shape index (κ3) is 9.69. The van der Waals surface area contributed by atoms with Gasteiger partial charge in [-0.2, -0.15) is 22.0 Å². The van der Waals surface area contributed by atoms with Crippen molar-refractivity contribution in [3.05, 3.63) is 103 Å². The fraction of sp³-hybridized carbons (Fsp3) is 0.185. The standard InChI is InChI=1S/C18H15S.C9H9F5O7S/c1-4-10-16(11-5-1)19(17-12-6-2-7-13-17)18-14-8-3-9-15-18;1-4(2)6(16)20-3-5(15)21-7(8(10,11)12)9(13,14)22(17,18)19/h1-15H;7H,1,3H2,2H3,(H,17,18,19)/q+1;/p-1. The number of benzene rings is 3. The van der Waals surface area contributed by atoms with Crippen LogP contribution >= 0.6 is 0 Å². The van der Waals surface area contributed by atoms with E-state index in [-0.39, 0.29) is 16.5 Å². The molecule has 0 heterocycles. The first-order chi connectivity index (χ1) is 19.1. The predicted octanol–water partition coefficient (Wildman–Crippen LogP) is 5.50. The zero-order valence-corrected chi connectivity index (χ0v) is 22.8. The fourth-order valence-corrected chi connectivity index (χ4v) is 5.50. The maximum Gasteiger partial charge on any atom is 0.432 e. The zero-order valence-electron chi connectivity index (χ0n) is 21.2. The van der Waals surface area contributed by atoms with Crippen molar-refractivity contribution in [2.45, 2.75) is 39.1 Å². The van der Waals surface area contributed by atoms with E-state index in [2.05, 4.69) is 107 Å². The molecule has 3 aromatic carbocycles. The van der Waals surface area contributed by atoms with Gasteiger partial charge >= 0.3 is 23.4 Å². The highest BCUT2D eigenvalue weighted by Crippen LogP contribution is 2.38. The second kappa shape index (κ2) is 14.2. The highest BCUT2D eigenvalue weighted by molar-refractivity contribution is 7.97. The summed E-state index contributed by atoms with van der Waals surface area (Å²) in [6.45, 7) is 2.65. The topological polar surface area (TPSA) is 110 Å². The summed E-state index contributed by atoms with van der Waals surface area (Å²) in [5.41, 5.74) is -0.257. The summed E-state index contributed by atoms with van der Waals surface area (Å²) < 4.78 is 101. The Balaban J connectivity index is 0.000000288. The fourth-order valence-electron chi connectivity index (χ4n) is 2.95. The Bertz CT molecular complexity index is 1320. The lowest BCUT2D eigenvalue weighted by molar-refractivity contribution is -0.260. The van der Waals surface area contributed by atoms with E-state index in [0.717, 1.165) is 6.92 Å². The van der Waals surface area contributed by atoms with Gasteiger partial charge in [-0.05, 0) is 43.3 Å². The summed E-state index contributed by atoms with van der Waals surface area (Å²) in [4.78, 5) is 25.9. The minimum atomic E-state index is -6.78. The van der Waals surface area contributed by atoms with Crippen LogP contribution in [0.3, 0.4) is 0 Å². The molecule has 0 aromatic heterocycles. The van der Waals surface area contributed by atoms with E-state index in [4.69, 9.17) is 0 Å². The van der Waals surface area contributed by atoms with Crippen molar-refractivity contribution >= 4 is 33.0 Å². The number of alkyl halides is 5. The van der Waals surface area contributed by atoms with Crippen LogP contribution in [-0.2, 0) is 40.1 Å². The Labute approximate surface area is 235 Å². The second-order valence-electron chi connectivity index (χ2n) is 8.03. The van der Waals surface area contributed by atoms with Crippen molar-refractivity contribution in [2.75, 3.05) is 6.61 Å². The minimum absolute atomic E-state index is 0.0146. The normalized spacial score (nSPS) is 12.5. The Morgan fingerprint density at radius 3 is 1.49 bits per heavy atom. The van der Waals surface area contributed by atoms with Gasteiger partial charge in [0, 0.05) is 5.57 Å². The third-order valence-electron chi connectivity index (χ3n) is 4.79. The molecule has 0 amide bonds. The molecule has 0 aliphatic heterocycles. The molecule has 0 saturated carbocycles. The quantitative estimate of drug-likeness (QED) is 0.102. The average Bonchev–Trinajstić information content (AvgIpc) is 2.91. The molecule has 1 atom stereocenters. The van der Waals surface area contributed by atoms with Crippen LogP contribution in [0, 0.1) is 0 Å². The van der Waals surface area contributed by atoms with E-state index in [0.29, 0.717) is 0 Å². The molecule has 14 heteroatoms. The average molecular weight is 619 g/mol. The van der Waals surface area contributed by atoms with Crippen molar-refractivity contribution in [1.82, 2.24) is 0 Å². The van der Waals surface area contributed by atoms with Crippen molar-refractivity contribution < 1.29 is 54.0 Å². The molecule has 0 N–H and O–H groups in total. The summed E-state index contributed by atoms with van der Waals surface area (Å²) >= 11 is 0. The molecule has 0 radical (unpaired) electrons. The van der Waals surface area contributed by atoms with Gasteiger partial charge in [-0.15, -0.1) is 0 Å². The van der Waals surface area contributed by atoms with Gasteiger partial charge in [0.1, 0.15) is 0 Å². The third-order valence-corrected chi connectivity index (χ3v) is 7.90. The van der Waals surface area contributed by atoms with E-state index >= 15 is 0 Å². The van der Waals surface area contributed by atoms with Gasteiger partial charge in [0.25, 0.3) is 6.10 Å². The van der Waals surface area contributed by atoms with E-state index in [1.165, 1.54) is 14.7 Å². The van der Waals surface area contributed by atoms with Crippen molar-refractivity contribution in [1.29, 1.82) is 0 Å². The van der Waals surface area contributed by atoms with Gasteiger partial charge in [0.2, 0.25) is 0 Å². The van der Waals surface area contributed by atoms with Gasteiger partial charge < -0.3 is 14.0 Å². The molecule has 1 unspecified atom stereocenters. The monoisotopic (exact) mass is 618 g/mol. The minimum Gasteiger partial charge on any atom is -0.743 e. The summed E-state index contributed by atoms with van der Waals surface area (Å²) in [7, 11) is -6.79. The van der Waals surface area contributed by atoms with E-state index in [1.54, 1.807) is 0 Å². The molecule has 7 nitrogen and oxygen atoms in total. The van der Waals surface area contributed by atoms with Crippen molar-refractivity contribution in [3.8, 4) is 0 Å². The summed E-state index contributed by atoms with van der Waals surface area (Å²) in [5.74, 6) is -3.37. The number of rotatable bonds is 9. The number of hydrogen-bond donors (Lipinski definition) is 0. The number of hydrogen-bond acceptors (Lipinski definition) is 7. The Kier molecular flexibility index (Phi) is 11.6. The predicted molar refractivity (Wildman–Crippen MR) is 138 cm³/mol. The lowest BCUT2D eigenvalue weighted by Gasteiger charge is -2.29. The van der Waals surface area contributed by atoms with Crippen molar-refractivity contribution in [2.24, 2.45) is 0 Å². The van der Waals surface area contributed by atoms with Crippen LogP contribution in [0.1, 0.15) is 6.92 Å². The lowest BCUT2D eigenvalue weighted by atomic mass is 10.3. The number of esters is 2. The van der Waals surface area contributed by atoms with Gasteiger partial charge in [0.15, 0.2) is 31.4 Å². The maximum absolute atomic E-state index is 13.0. The largest absolute Gasteiger partial charge is 0.743 e. The van der Waals surface area contributed by atoms with Gasteiger partial charge in [-0.25, -0.2) is 18.0 Å². The van der Waals surface area contributed by atoms with Crippen LogP contribution in [0.25, 0.3) is 0 Å². The van der Waals surface area contributed by atoms with Gasteiger partial charge in [-0.1, -0.05) is 61.2 Å². The number of carbonyl (C=O) groups is 2. The second-order valence-corrected chi connectivity index (χ2v) is 11.5. The van der Waals surface area contributed by atoms with Crippen LogP contribution in [0.15, 0.2) is 118 Å². The molecule has 0 bridgehead atoms. The molecule has 3 aromatic rings. The highest BCUT2D eigenvalue weighted by atomic mass is 32.2. The Hall–Kier alpha value is -3.75.